The van der Waals surface area contributed by atoms with E-state index >= 15 is 0 Å². The summed E-state index contributed by atoms with van der Waals surface area (Å²) in [7, 11) is 4.11. The first-order valence-corrected chi connectivity index (χ1v) is 5.15. The fraction of sp³-hybridized carbons (Fsp3) is 1.00. The number of likely N-dealkylation sites (N-methyl/N-ethyl adjacent to an activating group) is 1. The van der Waals surface area contributed by atoms with Crippen molar-refractivity contribution in [1.82, 2.24) is 15.6 Å². The SMILES string of the molecule is CN(C)CCO[C@H]1CN[C@H](CNN)C1. The van der Waals surface area contributed by atoms with Crippen LogP contribution in [-0.2, 0) is 4.74 Å². The van der Waals surface area contributed by atoms with Crippen molar-refractivity contribution in [1.29, 1.82) is 0 Å². The molecule has 1 heterocycles. The molecule has 0 aromatic rings. The highest BCUT2D eigenvalue weighted by atomic mass is 16.5. The quantitative estimate of drug-likeness (QED) is 0.371. The predicted molar refractivity (Wildman–Crippen MR) is 56.9 cm³/mol. The monoisotopic (exact) mass is 202 g/mol. The molecule has 0 aromatic heterocycles. The zero-order chi connectivity index (χ0) is 10.4. The van der Waals surface area contributed by atoms with Gasteiger partial charge in [-0.3, -0.25) is 11.3 Å². The number of hydrazine groups is 1. The Bertz CT molecular complexity index is 154. The second-order valence-electron chi connectivity index (χ2n) is 4.05. The van der Waals surface area contributed by atoms with E-state index < -0.39 is 0 Å². The van der Waals surface area contributed by atoms with Gasteiger partial charge in [-0.25, -0.2) is 0 Å². The third kappa shape index (κ3) is 4.34. The van der Waals surface area contributed by atoms with E-state index in [1.807, 2.05) is 0 Å². The van der Waals surface area contributed by atoms with Crippen molar-refractivity contribution in [2.24, 2.45) is 5.84 Å². The predicted octanol–water partition coefficient (Wildman–Crippen LogP) is -1.24. The van der Waals surface area contributed by atoms with Crippen molar-refractivity contribution in [3.8, 4) is 0 Å². The van der Waals surface area contributed by atoms with Gasteiger partial charge in [0.1, 0.15) is 0 Å². The maximum absolute atomic E-state index is 5.72. The Morgan fingerprint density at radius 3 is 3.00 bits per heavy atom. The molecule has 1 saturated heterocycles. The largest absolute Gasteiger partial charge is 0.376 e. The van der Waals surface area contributed by atoms with Crippen LogP contribution < -0.4 is 16.6 Å². The van der Waals surface area contributed by atoms with Gasteiger partial charge in [0.15, 0.2) is 0 Å². The Hall–Kier alpha value is -0.200. The van der Waals surface area contributed by atoms with Crippen LogP contribution in [0.5, 0.6) is 0 Å². The Morgan fingerprint density at radius 1 is 1.57 bits per heavy atom. The van der Waals surface area contributed by atoms with Gasteiger partial charge in [0, 0.05) is 25.7 Å². The summed E-state index contributed by atoms with van der Waals surface area (Å²) < 4.78 is 5.72. The lowest BCUT2D eigenvalue weighted by atomic mass is 10.2. The lowest BCUT2D eigenvalue weighted by molar-refractivity contribution is 0.0555. The zero-order valence-corrected chi connectivity index (χ0v) is 9.12. The number of rotatable bonds is 6. The topological polar surface area (TPSA) is 62.5 Å². The lowest BCUT2D eigenvalue weighted by Gasteiger charge is -2.14. The van der Waals surface area contributed by atoms with Gasteiger partial charge in [-0.1, -0.05) is 0 Å². The molecule has 5 nitrogen and oxygen atoms in total. The van der Waals surface area contributed by atoms with Crippen LogP contribution in [0.25, 0.3) is 0 Å². The van der Waals surface area contributed by atoms with E-state index in [0.717, 1.165) is 32.7 Å². The molecule has 0 bridgehead atoms. The van der Waals surface area contributed by atoms with E-state index in [9.17, 15) is 0 Å². The van der Waals surface area contributed by atoms with Gasteiger partial charge < -0.3 is 15.0 Å². The van der Waals surface area contributed by atoms with Crippen LogP contribution in [0.4, 0.5) is 0 Å². The van der Waals surface area contributed by atoms with Gasteiger partial charge >= 0.3 is 0 Å². The molecule has 0 spiro atoms. The molecule has 1 rings (SSSR count). The molecule has 0 amide bonds. The summed E-state index contributed by atoms with van der Waals surface area (Å²) >= 11 is 0. The fourth-order valence-corrected chi connectivity index (χ4v) is 1.61. The molecule has 1 aliphatic rings. The first kappa shape index (κ1) is 11.9. The van der Waals surface area contributed by atoms with Gasteiger partial charge in [-0.05, 0) is 20.5 Å². The second-order valence-corrected chi connectivity index (χ2v) is 4.05. The number of hydrogen-bond acceptors (Lipinski definition) is 5. The van der Waals surface area contributed by atoms with Crippen molar-refractivity contribution in [3.05, 3.63) is 0 Å². The van der Waals surface area contributed by atoms with Crippen molar-refractivity contribution < 1.29 is 4.74 Å². The number of nitrogens with two attached hydrogens (primary N) is 1. The Labute approximate surface area is 85.9 Å². The van der Waals surface area contributed by atoms with Crippen LogP contribution in [0.2, 0.25) is 0 Å². The highest BCUT2D eigenvalue weighted by Gasteiger charge is 2.23. The van der Waals surface area contributed by atoms with E-state index in [0.29, 0.717) is 12.1 Å². The number of nitrogens with one attached hydrogen (secondary N) is 2. The average Bonchev–Trinajstić information content (AvgIpc) is 2.53. The van der Waals surface area contributed by atoms with Crippen molar-refractivity contribution >= 4 is 0 Å². The lowest BCUT2D eigenvalue weighted by Crippen LogP contribution is -2.37. The molecule has 0 unspecified atom stereocenters. The molecular weight excluding hydrogens is 180 g/mol. The van der Waals surface area contributed by atoms with E-state index in [-0.39, 0.29) is 0 Å². The molecule has 4 N–H and O–H groups in total. The summed E-state index contributed by atoms with van der Waals surface area (Å²) in [5.74, 6) is 5.26. The minimum Gasteiger partial charge on any atom is -0.376 e. The summed E-state index contributed by atoms with van der Waals surface area (Å²) in [5, 5.41) is 3.36. The van der Waals surface area contributed by atoms with Crippen molar-refractivity contribution in [3.63, 3.8) is 0 Å². The van der Waals surface area contributed by atoms with Crippen LogP contribution in [0.15, 0.2) is 0 Å². The van der Waals surface area contributed by atoms with E-state index in [1.165, 1.54) is 0 Å². The molecule has 2 atom stereocenters. The molecule has 1 aliphatic heterocycles. The molecule has 0 aliphatic carbocycles. The minimum absolute atomic E-state index is 0.355. The van der Waals surface area contributed by atoms with Gasteiger partial charge in [-0.2, -0.15) is 0 Å². The number of nitrogens with zero attached hydrogens (tertiary/aromatic N) is 1. The summed E-state index contributed by atoms with van der Waals surface area (Å²) in [6.07, 6.45) is 1.41. The summed E-state index contributed by atoms with van der Waals surface area (Å²) in [6, 6.07) is 0.462. The normalized spacial score (nSPS) is 27.4. The maximum atomic E-state index is 5.72. The maximum Gasteiger partial charge on any atom is 0.0715 e. The van der Waals surface area contributed by atoms with Gasteiger partial charge in [0.05, 0.1) is 12.7 Å². The molecule has 0 saturated carbocycles. The number of hydrogen-bond donors (Lipinski definition) is 3. The van der Waals surface area contributed by atoms with Crippen LogP contribution in [0.3, 0.4) is 0 Å². The highest BCUT2D eigenvalue weighted by Crippen LogP contribution is 2.09. The molecule has 14 heavy (non-hydrogen) atoms. The third-order valence-electron chi connectivity index (χ3n) is 2.44. The van der Waals surface area contributed by atoms with Gasteiger partial charge in [0.2, 0.25) is 0 Å². The molecule has 5 heteroatoms. The molecule has 0 aromatic carbocycles. The molecule has 1 fully saturated rings. The van der Waals surface area contributed by atoms with Crippen LogP contribution >= 0.6 is 0 Å². The Kier molecular flexibility index (Phi) is 5.36. The fourth-order valence-electron chi connectivity index (χ4n) is 1.61. The Morgan fingerprint density at radius 2 is 2.36 bits per heavy atom. The smallest absolute Gasteiger partial charge is 0.0715 e. The van der Waals surface area contributed by atoms with E-state index in [1.54, 1.807) is 0 Å². The van der Waals surface area contributed by atoms with E-state index in [2.05, 4.69) is 29.7 Å². The average molecular weight is 202 g/mol. The highest BCUT2D eigenvalue weighted by molar-refractivity contribution is 4.83. The standard InChI is InChI=1S/C9H22N4O/c1-13(2)3-4-14-9-5-8(6-12-10)11-7-9/h8-9,11-12H,3-7,10H2,1-2H3/t8-,9+/m0/s1. The number of ether oxygens (including phenoxy) is 1. The van der Waals surface area contributed by atoms with Gasteiger partial charge in [-0.15, -0.1) is 0 Å². The molecule has 84 valence electrons. The van der Waals surface area contributed by atoms with Crippen molar-refractivity contribution in [2.75, 3.05) is 40.3 Å². The summed E-state index contributed by atoms with van der Waals surface area (Å²) in [5.41, 5.74) is 2.68. The first-order valence-electron chi connectivity index (χ1n) is 5.15. The van der Waals surface area contributed by atoms with Crippen LogP contribution in [0, 0.1) is 0 Å². The molecular formula is C9H22N4O. The molecule has 0 radical (unpaired) electrons. The van der Waals surface area contributed by atoms with Crippen LogP contribution in [0.1, 0.15) is 6.42 Å². The zero-order valence-electron chi connectivity index (χ0n) is 9.12. The summed E-state index contributed by atoms with van der Waals surface area (Å²) in [6.45, 7) is 3.55. The van der Waals surface area contributed by atoms with Crippen molar-refractivity contribution in [2.45, 2.75) is 18.6 Å². The minimum atomic E-state index is 0.355. The third-order valence-corrected chi connectivity index (χ3v) is 2.44. The second kappa shape index (κ2) is 6.31. The van der Waals surface area contributed by atoms with E-state index in [4.69, 9.17) is 10.6 Å². The Balaban J connectivity index is 2.04. The van der Waals surface area contributed by atoms with Gasteiger partial charge in [0.25, 0.3) is 0 Å². The summed E-state index contributed by atoms with van der Waals surface area (Å²) in [4.78, 5) is 2.13. The van der Waals surface area contributed by atoms with Crippen LogP contribution in [-0.4, -0.2) is 57.4 Å². The first-order chi connectivity index (χ1) is 6.72.